The second-order valence-corrected chi connectivity index (χ2v) is 7.69. The van der Waals surface area contributed by atoms with Gasteiger partial charge < -0.3 is 41.6 Å². The highest BCUT2D eigenvalue weighted by molar-refractivity contribution is 5.81. The maximum atomic E-state index is 11.3. The van der Waals surface area contributed by atoms with Gasteiger partial charge in [-0.15, -0.1) is 0 Å². The topological polar surface area (TPSA) is 194 Å². The number of nitrogens with two attached hydrogens (primary N) is 2. The Balaban J connectivity index is 0. The zero-order chi connectivity index (χ0) is 23.1. The van der Waals surface area contributed by atoms with Gasteiger partial charge in [0.2, 0.25) is 5.91 Å². The van der Waals surface area contributed by atoms with E-state index in [1.165, 1.54) is 0 Å². The van der Waals surface area contributed by atoms with Crippen LogP contribution in [0.3, 0.4) is 0 Å². The number of aliphatic hydroxyl groups excluding tert-OH is 3. The second-order valence-electron chi connectivity index (χ2n) is 7.69. The largest absolute Gasteiger partial charge is 0.449 e. The van der Waals surface area contributed by atoms with Crippen LogP contribution in [0.15, 0.2) is 0 Å². The van der Waals surface area contributed by atoms with Crippen LogP contribution in [-0.4, -0.2) is 72.5 Å². The molecule has 0 rings (SSSR count). The molecule has 11 nitrogen and oxygen atoms in total. The summed E-state index contributed by atoms with van der Waals surface area (Å²) >= 11 is 0. The second kappa shape index (κ2) is 14.8. The van der Waals surface area contributed by atoms with Crippen LogP contribution in [0, 0.1) is 10.8 Å². The maximum absolute atomic E-state index is 11.3. The highest BCUT2D eigenvalue weighted by atomic mass is 16.6. The van der Waals surface area contributed by atoms with Gasteiger partial charge in [0.15, 0.2) is 0 Å². The number of aliphatic hydroxyl groups is 3. The average Bonchev–Trinajstić information content (AvgIpc) is 2.65. The predicted octanol–water partition coefficient (Wildman–Crippen LogP) is -0.152. The van der Waals surface area contributed by atoms with E-state index in [1.807, 2.05) is 13.8 Å². The van der Waals surface area contributed by atoms with Gasteiger partial charge in [0.05, 0.1) is 6.61 Å². The average molecular weight is 424 g/mol. The molecule has 0 aliphatic heterocycles. The van der Waals surface area contributed by atoms with Crippen molar-refractivity contribution in [3.8, 4) is 0 Å². The van der Waals surface area contributed by atoms with Gasteiger partial charge in [0.1, 0.15) is 19.3 Å². The summed E-state index contributed by atoms with van der Waals surface area (Å²) in [5, 5.41) is 29.3. The van der Waals surface area contributed by atoms with E-state index < -0.39 is 35.0 Å². The molecule has 3 amide bonds. The lowest BCUT2D eigenvalue weighted by Gasteiger charge is -2.27. The van der Waals surface area contributed by atoms with Crippen molar-refractivity contribution in [1.29, 1.82) is 0 Å². The molecule has 11 heteroatoms. The number of nitrogens with one attached hydrogen (secondary N) is 1. The summed E-state index contributed by atoms with van der Waals surface area (Å²) in [5.74, 6) is -0.516. The molecule has 0 unspecified atom stereocenters. The summed E-state index contributed by atoms with van der Waals surface area (Å²) in [4.78, 5) is 32.2. The van der Waals surface area contributed by atoms with Crippen LogP contribution >= 0.6 is 0 Å². The molecule has 0 bridgehead atoms. The van der Waals surface area contributed by atoms with E-state index in [-0.39, 0.29) is 26.4 Å². The molecule has 0 aromatic heterocycles. The number of ether oxygens (including phenoxy) is 2. The fraction of sp³-hybridized carbons (Fsp3) is 0.833. The van der Waals surface area contributed by atoms with Gasteiger partial charge in [-0.2, -0.15) is 0 Å². The fourth-order valence-electron chi connectivity index (χ4n) is 2.11. The number of amides is 3. The van der Waals surface area contributed by atoms with Crippen LogP contribution in [0.5, 0.6) is 0 Å². The maximum Gasteiger partial charge on any atom is 0.404 e. The minimum atomic E-state index is -1.23. The summed E-state index contributed by atoms with van der Waals surface area (Å²) < 4.78 is 9.40. The first-order chi connectivity index (χ1) is 13.3. The highest BCUT2D eigenvalue weighted by Gasteiger charge is 2.32. The van der Waals surface area contributed by atoms with Gasteiger partial charge in [-0.3, -0.25) is 4.79 Å². The number of hydrogen-bond acceptors (Lipinski definition) is 8. The monoisotopic (exact) mass is 423 g/mol. The zero-order valence-corrected chi connectivity index (χ0v) is 17.8. The molecule has 0 radical (unpaired) electrons. The molecule has 0 aromatic carbocycles. The molecule has 0 aliphatic carbocycles. The van der Waals surface area contributed by atoms with Gasteiger partial charge in [0, 0.05) is 24.0 Å². The molecule has 29 heavy (non-hydrogen) atoms. The Morgan fingerprint density at radius 1 is 1.03 bits per heavy atom. The van der Waals surface area contributed by atoms with Gasteiger partial charge in [-0.1, -0.05) is 34.1 Å². The van der Waals surface area contributed by atoms with Gasteiger partial charge in [-0.25, -0.2) is 9.59 Å². The third kappa shape index (κ3) is 14.5. The standard InChI is InChI=1S/C9H18N2O4.C9H19NO4/c1-3-4-9(2,5-14-7(10)12)6-15-8(11)13;1-9(2,6-12)7(13)8(14)10-4-3-5-11/h3-6H2,1-2H3,(H2,10,12)(H2,11,13);7,11-13H,3-6H2,1-2H3,(H,10,14)/t;7-/m.0/s1. The third-order valence-corrected chi connectivity index (χ3v) is 4.01. The van der Waals surface area contributed by atoms with Crippen molar-refractivity contribution in [3.63, 3.8) is 0 Å². The van der Waals surface area contributed by atoms with E-state index in [4.69, 9.17) is 31.2 Å². The van der Waals surface area contributed by atoms with Crippen molar-refractivity contribution >= 4 is 18.1 Å². The molecular weight excluding hydrogens is 386 g/mol. The first-order valence-corrected chi connectivity index (χ1v) is 9.37. The van der Waals surface area contributed by atoms with E-state index in [2.05, 4.69) is 5.32 Å². The minimum Gasteiger partial charge on any atom is -0.449 e. The normalized spacial score (nSPS) is 12.2. The molecule has 0 fully saturated rings. The first-order valence-electron chi connectivity index (χ1n) is 9.37. The SMILES string of the molecule is CC(C)(CO)[C@@H](O)C(=O)NCCCO.CCCC(C)(COC(N)=O)COC(N)=O. The Bertz CT molecular complexity index is 481. The van der Waals surface area contributed by atoms with E-state index in [0.29, 0.717) is 13.0 Å². The molecular formula is C18H37N3O8. The number of hydrogen-bond donors (Lipinski definition) is 6. The number of carbonyl (C=O) groups excluding carboxylic acids is 3. The van der Waals surface area contributed by atoms with Crippen LogP contribution in [0.2, 0.25) is 0 Å². The fourth-order valence-corrected chi connectivity index (χ4v) is 2.11. The molecule has 0 heterocycles. The quantitative estimate of drug-likeness (QED) is 0.233. The first kappa shape index (κ1) is 29.1. The third-order valence-electron chi connectivity index (χ3n) is 4.01. The van der Waals surface area contributed by atoms with Crippen molar-refractivity contribution in [3.05, 3.63) is 0 Å². The summed E-state index contributed by atoms with van der Waals surface area (Å²) in [7, 11) is 0. The van der Waals surface area contributed by atoms with Gasteiger partial charge >= 0.3 is 12.2 Å². The Kier molecular flexibility index (Phi) is 14.9. The predicted molar refractivity (Wildman–Crippen MR) is 106 cm³/mol. The minimum absolute atomic E-state index is 0.000230. The van der Waals surface area contributed by atoms with Crippen LogP contribution in [0.4, 0.5) is 9.59 Å². The summed E-state index contributed by atoms with van der Waals surface area (Å²) in [6.45, 7) is 7.31. The Hall–Kier alpha value is -2.11. The van der Waals surface area contributed by atoms with Crippen molar-refractivity contribution < 1.29 is 39.2 Å². The summed E-state index contributed by atoms with van der Waals surface area (Å²) in [5.41, 5.74) is 8.44. The molecule has 0 saturated carbocycles. The molecule has 1 atom stereocenters. The Morgan fingerprint density at radius 2 is 1.52 bits per heavy atom. The van der Waals surface area contributed by atoms with Crippen molar-refractivity contribution in [2.45, 2.75) is 53.1 Å². The Morgan fingerprint density at radius 3 is 1.86 bits per heavy atom. The van der Waals surface area contributed by atoms with E-state index in [1.54, 1.807) is 13.8 Å². The molecule has 0 saturated heterocycles. The van der Waals surface area contributed by atoms with Crippen molar-refractivity contribution in [2.24, 2.45) is 22.3 Å². The van der Waals surface area contributed by atoms with Gasteiger partial charge in [-0.05, 0) is 12.8 Å². The number of primary amides is 2. The lowest BCUT2D eigenvalue weighted by atomic mass is 9.87. The molecule has 0 aromatic rings. The molecule has 0 spiro atoms. The Labute approximate surface area is 171 Å². The zero-order valence-electron chi connectivity index (χ0n) is 17.8. The lowest BCUT2D eigenvalue weighted by Crippen LogP contribution is -2.45. The van der Waals surface area contributed by atoms with Crippen LogP contribution < -0.4 is 16.8 Å². The summed E-state index contributed by atoms with van der Waals surface area (Å²) in [6.07, 6.45) is -0.828. The summed E-state index contributed by atoms with van der Waals surface area (Å²) in [6, 6.07) is 0. The van der Waals surface area contributed by atoms with E-state index in [0.717, 1.165) is 12.8 Å². The smallest absolute Gasteiger partial charge is 0.404 e. The van der Waals surface area contributed by atoms with Crippen LogP contribution in [0.1, 0.15) is 47.0 Å². The number of rotatable bonds is 12. The number of carbonyl (C=O) groups is 3. The molecule has 8 N–H and O–H groups in total. The van der Waals surface area contributed by atoms with Crippen LogP contribution in [-0.2, 0) is 14.3 Å². The molecule has 172 valence electrons. The van der Waals surface area contributed by atoms with E-state index >= 15 is 0 Å². The van der Waals surface area contributed by atoms with Crippen molar-refractivity contribution in [2.75, 3.05) is 33.0 Å². The highest BCUT2D eigenvalue weighted by Crippen LogP contribution is 2.24. The van der Waals surface area contributed by atoms with E-state index in [9.17, 15) is 19.5 Å². The molecule has 0 aliphatic rings. The van der Waals surface area contributed by atoms with Gasteiger partial charge in [0.25, 0.3) is 0 Å². The lowest BCUT2D eigenvalue weighted by molar-refractivity contribution is -0.137. The van der Waals surface area contributed by atoms with Crippen molar-refractivity contribution in [1.82, 2.24) is 5.32 Å². The van der Waals surface area contributed by atoms with Crippen LogP contribution in [0.25, 0.3) is 0 Å².